The van der Waals surface area contributed by atoms with E-state index in [-0.39, 0.29) is 11.5 Å². The van der Waals surface area contributed by atoms with Crippen LogP contribution in [0.25, 0.3) is 0 Å². The number of piperazine rings is 1. The molecule has 96 valence electrons. The van der Waals surface area contributed by atoms with Crippen LogP contribution < -0.4 is 10.6 Å². The average Bonchev–Trinajstić information content (AvgIpc) is 2.93. The van der Waals surface area contributed by atoms with Gasteiger partial charge in [0.25, 0.3) is 5.91 Å². The van der Waals surface area contributed by atoms with Gasteiger partial charge in [-0.25, -0.2) is 0 Å². The molecular formula is C11H15N5OS. The van der Waals surface area contributed by atoms with Crippen LogP contribution in [0.2, 0.25) is 0 Å². The highest BCUT2D eigenvalue weighted by molar-refractivity contribution is 8.14. The van der Waals surface area contributed by atoms with Crippen molar-refractivity contribution in [1.29, 1.82) is 5.26 Å². The van der Waals surface area contributed by atoms with Gasteiger partial charge in [0.1, 0.15) is 11.6 Å². The molecule has 0 unspecified atom stereocenters. The molecule has 7 heteroatoms. The van der Waals surface area contributed by atoms with Crippen LogP contribution >= 0.6 is 11.8 Å². The number of carbonyl (C=O) groups excluding carboxylic acids is 1. The predicted octanol–water partition coefficient (Wildman–Crippen LogP) is -0.482. The molecule has 1 fully saturated rings. The zero-order valence-corrected chi connectivity index (χ0v) is 10.8. The minimum absolute atomic E-state index is 0.132. The lowest BCUT2D eigenvalue weighted by Gasteiger charge is -2.27. The predicted molar refractivity (Wildman–Crippen MR) is 71.0 cm³/mol. The smallest absolute Gasteiger partial charge is 0.266 e. The SMILES string of the molecule is N#C/C(=C/NC1=NCCS1)C(=O)N1CCNCC1. The fraction of sp³-hybridized carbons (Fsp3) is 0.545. The molecule has 0 atom stereocenters. The molecule has 0 bridgehead atoms. The first-order valence-corrected chi connectivity index (χ1v) is 6.84. The van der Waals surface area contributed by atoms with Crippen molar-refractivity contribution < 1.29 is 4.79 Å². The molecule has 18 heavy (non-hydrogen) atoms. The van der Waals surface area contributed by atoms with Crippen molar-refractivity contribution in [3.05, 3.63) is 11.8 Å². The number of thioether (sulfide) groups is 1. The zero-order valence-electron chi connectivity index (χ0n) is 9.98. The van der Waals surface area contributed by atoms with Gasteiger partial charge in [0.2, 0.25) is 0 Å². The molecule has 1 amide bonds. The summed E-state index contributed by atoms with van der Waals surface area (Å²) in [5.41, 5.74) is 0.132. The van der Waals surface area contributed by atoms with E-state index in [2.05, 4.69) is 15.6 Å². The summed E-state index contributed by atoms with van der Waals surface area (Å²) in [7, 11) is 0. The lowest BCUT2D eigenvalue weighted by Crippen LogP contribution is -2.47. The Morgan fingerprint density at radius 1 is 1.56 bits per heavy atom. The average molecular weight is 265 g/mol. The summed E-state index contributed by atoms with van der Waals surface area (Å²) >= 11 is 1.59. The van der Waals surface area contributed by atoms with E-state index in [1.807, 2.05) is 6.07 Å². The van der Waals surface area contributed by atoms with E-state index in [0.717, 1.165) is 30.6 Å². The Bertz CT molecular complexity index is 420. The number of aliphatic imine (C=N–C) groups is 1. The van der Waals surface area contributed by atoms with Gasteiger partial charge in [0, 0.05) is 38.1 Å². The van der Waals surface area contributed by atoms with Crippen LogP contribution in [-0.2, 0) is 4.79 Å². The third-order valence-electron chi connectivity index (χ3n) is 2.68. The molecule has 2 aliphatic heterocycles. The van der Waals surface area contributed by atoms with Gasteiger partial charge in [0.15, 0.2) is 5.17 Å². The largest absolute Gasteiger partial charge is 0.340 e. The summed E-state index contributed by atoms with van der Waals surface area (Å²) in [5, 5.41) is 15.9. The van der Waals surface area contributed by atoms with E-state index < -0.39 is 0 Å². The summed E-state index contributed by atoms with van der Waals surface area (Å²) < 4.78 is 0. The van der Waals surface area contributed by atoms with Crippen LogP contribution in [0.5, 0.6) is 0 Å². The normalized spacial score (nSPS) is 20.3. The topological polar surface area (TPSA) is 80.5 Å². The fourth-order valence-corrected chi connectivity index (χ4v) is 2.44. The maximum Gasteiger partial charge on any atom is 0.266 e. The standard InChI is InChI=1S/C11H15N5OS/c12-7-9(8-15-11-14-3-6-18-11)10(17)16-4-1-13-2-5-16/h8,13H,1-6H2,(H,14,15)/b9-8-. The van der Waals surface area contributed by atoms with Crippen molar-refractivity contribution in [1.82, 2.24) is 15.5 Å². The third-order valence-corrected chi connectivity index (χ3v) is 3.59. The van der Waals surface area contributed by atoms with E-state index in [4.69, 9.17) is 5.26 Å². The molecular weight excluding hydrogens is 250 g/mol. The van der Waals surface area contributed by atoms with E-state index >= 15 is 0 Å². The molecule has 6 nitrogen and oxygen atoms in total. The van der Waals surface area contributed by atoms with Crippen LogP contribution in [0, 0.1) is 11.3 Å². The number of rotatable bonds is 2. The van der Waals surface area contributed by atoms with Crippen molar-refractivity contribution in [3.63, 3.8) is 0 Å². The number of amidine groups is 1. The number of carbonyl (C=O) groups is 1. The van der Waals surface area contributed by atoms with Gasteiger partial charge in [-0.15, -0.1) is 0 Å². The second-order valence-electron chi connectivity index (χ2n) is 3.89. The van der Waals surface area contributed by atoms with Crippen molar-refractivity contribution in [2.24, 2.45) is 4.99 Å². The molecule has 0 aromatic rings. The van der Waals surface area contributed by atoms with Gasteiger partial charge >= 0.3 is 0 Å². The molecule has 0 spiro atoms. The van der Waals surface area contributed by atoms with Crippen LogP contribution in [0.15, 0.2) is 16.8 Å². The van der Waals surface area contributed by atoms with E-state index in [1.54, 1.807) is 16.7 Å². The Morgan fingerprint density at radius 3 is 2.94 bits per heavy atom. The van der Waals surface area contributed by atoms with E-state index in [1.165, 1.54) is 6.20 Å². The van der Waals surface area contributed by atoms with Crippen LogP contribution in [-0.4, -0.2) is 54.5 Å². The zero-order chi connectivity index (χ0) is 12.8. The number of nitrogens with zero attached hydrogens (tertiary/aromatic N) is 3. The lowest BCUT2D eigenvalue weighted by atomic mass is 10.2. The lowest BCUT2D eigenvalue weighted by molar-refractivity contribution is -0.127. The van der Waals surface area contributed by atoms with Gasteiger partial charge in [-0.3, -0.25) is 9.79 Å². The molecule has 1 saturated heterocycles. The maximum atomic E-state index is 12.1. The van der Waals surface area contributed by atoms with Crippen molar-refractivity contribution in [2.75, 3.05) is 38.5 Å². The highest BCUT2D eigenvalue weighted by Gasteiger charge is 2.20. The molecule has 0 saturated carbocycles. The Hall–Kier alpha value is -1.52. The highest BCUT2D eigenvalue weighted by atomic mass is 32.2. The first-order chi connectivity index (χ1) is 8.81. The van der Waals surface area contributed by atoms with Gasteiger partial charge in [0.05, 0.1) is 6.54 Å². The summed E-state index contributed by atoms with van der Waals surface area (Å²) in [5.74, 6) is 0.735. The summed E-state index contributed by atoms with van der Waals surface area (Å²) in [6.07, 6.45) is 1.46. The molecule has 2 heterocycles. The van der Waals surface area contributed by atoms with Crippen LogP contribution in [0.3, 0.4) is 0 Å². The molecule has 0 aliphatic carbocycles. The van der Waals surface area contributed by atoms with Crippen LogP contribution in [0.4, 0.5) is 0 Å². The minimum Gasteiger partial charge on any atom is -0.340 e. The second-order valence-corrected chi connectivity index (χ2v) is 4.98. The Morgan fingerprint density at radius 2 is 2.33 bits per heavy atom. The highest BCUT2D eigenvalue weighted by Crippen LogP contribution is 2.09. The molecule has 2 aliphatic rings. The van der Waals surface area contributed by atoms with Gasteiger partial charge in [-0.05, 0) is 0 Å². The third kappa shape index (κ3) is 3.24. The molecule has 0 aromatic carbocycles. The number of hydrogen-bond donors (Lipinski definition) is 2. The Balaban J connectivity index is 1.96. The first-order valence-electron chi connectivity index (χ1n) is 5.85. The molecule has 0 radical (unpaired) electrons. The van der Waals surface area contributed by atoms with Crippen LogP contribution in [0.1, 0.15) is 0 Å². The van der Waals surface area contributed by atoms with E-state index in [0.29, 0.717) is 13.1 Å². The van der Waals surface area contributed by atoms with Crippen molar-refractivity contribution in [3.8, 4) is 6.07 Å². The quantitative estimate of drug-likeness (QED) is 0.520. The summed E-state index contributed by atoms with van der Waals surface area (Å²) in [6.45, 7) is 3.64. The Kier molecular flexibility index (Phi) is 4.61. The first kappa shape index (κ1) is 12.9. The number of hydrogen-bond acceptors (Lipinski definition) is 6. The summed E-state index contributed by atoms with van der Waals surface area (Å²) in [6, 6.07) is 1.95. The number of nitrogens with one attached hydrogen (secondary N) is 2. The van der Waals surface area contributed by atoms with Gasteiger partial charge < -0.3 is 15.5 Å². The Labute approximate surface area is 110 Å². The minimum atomic E-state index is -0.213. The monoisotopic (exact) mass is 265 g/mol. The van der Waals surface area contributed by atoms with E-state index in [9.17, 15) is 4.79 Å². The van der Waals surface area contributed by atoms with Gasteiger partial charge in [-0.1, -0.05) is 11.8 Å². The summed E-state index contributed by atoms with van der Waals surface area (Å²) in [4.78, 5) is 17.9. The molecule has 2 rings (SSSR count). The van der Waals surface area contributed by atoms with Crippen molar-refractivity contribution in [2.45, 2.75) is 0 Å². The number of nitriles is 1. The second kappa shape index (κ2) is 6.42. The maximum absolute atomic E-state index is 12.1. The molecule has 2 N–H and O–H groups in total. The van der Waals surface area contributed by atoms with Gasteiger partial charge in [-0.2, -0.15) is 5.26 Å². The number of amides is 1. The molecule has 0 aromatic heterocycles. The fourth-order valence-electron chi connectivity index (χ4n) is 1.74. The van der Waals surface area contributed by atoms with Crippen molar-refractivity contribution >= 4 is 22.8 Å².